The average molecular weight is 347 g/mol. The second kappa shape index (κ2) is 6.81. The fraction of sp³-hybridized carbons (Fsp3) is 0.227. The van der Waals surface area contributed by atoms with Crippen LogP contribution in [0.25, 0.3) is 10.8 Å². The Morgan fingerprint density at radius 1 is 1.04 bits per heavy atom. The topological polar surface area (TPSA) is 58.6 Å². The van der Waals surface area contributed by atoms with Crippen molar-refractivity contribution in [2.45, 2.75) is 18.4 Å². The fourth-order valence-corrected chi connectivity index (χ4v) is 3.55. The van der Waals surface area contributed by atoms with E-state index in [-0.39, 0.29) is 19.1 Å². The third kappa shape index (κ3) is 3.28. The molecule has 0 saturated heterocycles. The lowest BCUT2D eigenvalue weighted by Crippen LogP contribution is -2.41. The number of benzene rings is 3. The standard InChI is InChI=1S/C22H21NO3/c24-21(14-26-19-10-9-16-5-1-2-7-18(16)13-19)23-15-22(25)12-11-17-6-3-4-8-20(17)22/h1-10,13,25H,11-12,14-15H2,(H,23,24). The minimum absolute atomic E-state index is 0.0733. The van der Waals surface area contributed by atoms with E-state index >= 15 is 0 Å². The van der Waals surface area contributed by atoms with Gasteiger partial charge in [0.15, 0.2) is 6.61 Å². The van der Waals surface area contributed by atoms with Crippen LogP contribution >= 0.6 is 0 Å². The molecule has 0 radical (unpaired) electrons. The van der Waals surface area contributed by atoms with Gasteiger partial charge in [-0.15, -0.1) is 0 Å². The first-order valence-corrected chi connectivity index (χ1v) is 8.83. The van der Waals surface area contributed by atoms with E-state index in [9.17, 15) is 9.90 Å². The summed E-state index contributed by atoms with van der Waals surface area (Å²) in [5, 5.41) is 15.8. The number of carbonyl (C=O) groups is 1. The molecule has 0 spiro atoms. The fourth-order valence-electron chi connectivity index (χ4n) is 3.55. The van der Waals surface area contributed by atoms with Crippen LogP contribution in [0, 0.1) is 0 Å². The van der Waals surface area contributed by atoms with Gasteiger partial charge in [-0.1, -0.05) is 54.6 Å². The molecule has 0 aliphatic heterocycles. The third-order valence-corrected chi connectivity index (χ3v) is 5.00. The van der Waals surface area contributed by atoms with Crippen molar-refractivity contribution in [2.75, 3.05) is 13.2 Å². The van der Waals surface area contributed by atoms with Gasteiger partial charge in [-0.05, 0) is 46.9 Å². The summed E-state index contributed by atoms with van der Waals surface area (Å²) >= 11 is 0. The predicted molar refractivity (Wildman–Crippen MR) is 101 cm³/mol. The van der Waals surface area contributed by atoms with Crippen molar-refractivity contribution in [3.05, 3.63) is 77.9 Å². The number of nitrogens with one attached hydrogen (secondary N) is 1. The smallest absolute Gasteiger partial charge is 0.258 e. The Morgan fingerprint density at radius 2 is 1.81 bits per heavy atom. The predicted octanol–water partition coefficient (Wildman–Crippen LogP) is 3.17. The molecule has 3 aromatic carbocycles. The van der Waals surface area contributed by atoms with Gasteiger partial charge in [0.2, 0.25) is 0 Å². The molecule has 2 N–H and O–H groups in total. The Kier molecular flexibility index (Phi) is 4.35. The summed E-state index contributed by atoms with van der Waals surface area (Å²) in [6, 6.07) is 21.6. The van der Waals surface area contributed by atoms with Crippen molar-refractivity contribution in [1.82, 2.24) is 5.32 Å². The molecule has 3 aromatic rings. The largest absolute Gasteiger partial charge is 0.484 e. The molecule has 0 heterocycles. The summed E-state index contributed by atoms with van der Waals surface area (Å²) < 4.78 is 5.60. The molecule has 0 saturated carbocycles. The van der Waals surface area contributed by atoms with E-state index in [1.165, 1.54) is 0 Å². The number of aliphatic hydroxyl groups is 1. The molecule has 1 aliphatic rings. The second-order valence-electron chi connectivity index (χ2n) is 6.76. The number of amides is 1. The molecule has 26 heavy (non-hydrogen) atoms. The number of hydrogen-bond donors (Lipinski definition) is 2. The Labute approximate surface area is 152 Å². The highest BCUT2D eigenvalue weighted by molar-refractivity contribution is 5.84. The number of carbonyl (C=O) groups excluding carboxylic acids is 1. The molecule has 1 atom stereocenters. The monoisotopic (exact) mass is 347 g/mol. The summed E-state index contributed by atoms with van der Waals surface area (Å²) in [7, 11) is 0. The molecule has 132 valence electrons. The molecule has 1 amide bonds. The van der Waals surface area contributed by atoms with Crippen LogP contribution in [0.4, 0.5) is 0 Å². The van der Waals surface area contributed by atoms with E-state index in [1.807, 2.05) is 66.7 Å². The summed E-state index contributed by atoms with van der Waals surface area (Å²) in [4.78, 5) is 12.1. The zero-order chi connectivity index (χ0) is 18.0. The van der Waals surface area contributed by atoms with Gasteiger partial charge in [0.25, 0.3) is 5.91 Å². The average Bonchev–Trinajstić information content (AvgIpc) is 3.02. The minimum atomic E-state index is -0.991. The summed E-state index contributed by atoms with van der Waals surface area (Å²) in [5.74, 6) is 0.416. The van der Waals surface area contributed by atoms with Crippen LogP contribution in [0.3, 0.4) is 0 Å². The lowest BCUT2D eigenvalue weighted by atomic mass is 9.96. The summed E-state index contributed by atoms with van der Waals surface area (Å²) in [5.41, 5.74) is 1.07. The van der Waals surface area contributed by atoms with Crippen LogP contribution < -0.4 is 10.1 Å². The van der Waals surface area contributed by atoms with Crippen molar-refractivity contribution >= 4 is 16.7 Å². The molecule has 4 heteroatoms. The van der Waals surface area contributed by atoms with Crippen molar-refractivity contribution in [1.29, 1.82) is 0 Å². The molecular formula is C22H21NO3. The maximum absolute atomic E-state index is 12.1. The van der Waals surface area contributed by atoms with Crippen molar-refractivity contribution < 1.29 is 14.6 Å². The third-order valence-electron chi connectivity index (χ3n) is 5.00. The van der Waals surface area contributed by atoms with E-state index in [0.29, 0.717) is 12.2 Å². The first kappa shape index (κ1) is 16.6. The number of fused-ring (bicyclic) bond motifs is 2. The molecule has 0 bridgehead atoms. The molecule has 0 aromatic heterocycles. The second-order valence-corrected chi connectivity index (χ2v) is 6.76. The maximum Gasteiger partial charge on any atom is 0.258 e. The zero-order valence-electron chi connectivity index (χ0n) is 14.4. The Morgan fingerprint density at radius 3 is 2.69 bits per heavy atom. The molecular weight excluding hydrogens is 326 g/mol. The van der Waals surface area contributed by atoms with Crippen LogP contribution in [0.2, 0.25) is 0 Å². The number of aryl methyl sites for hydroxylation is 1. The van der Waals surface area contributed by atoms with E-state index < -0.39 is 5.60 Å². The zero-order valence-corrected chi connectivity index (χ0v) is 14.4. The first-order chi connectivity index (χ1) is 12.6. The van der Waals surface area contributed by atoms with E-state index in [0.717, 1.165) is 28.3 Å². The van der Waals surface area contributed by atoms with Crippen molar-refractivity contribution in [2.24, 2.45) is 0 Å². The summed E-state index contributed by atoms with van der Waals surface area (Å²) in [6.45, 7) is 0.125. The Balaban J connectivity index is 1.34. The van der Waals surface area contributed by atoms with Gasteiger partial charge in [-0.2, -0.15) is 0 Å². The Bertz CT molecular complexity index is 953. The van der Waals surface area contributed by atoms with Gasteiger partial charge in [-0.25, -0.2) is 0 Å². The van der Waals surface area contributed by atoms with Crippen LogP contribution in [0.5, 0.6) is 5.75 Å². The van der Waals surface area contributed by atoms with Gasteiger partial charge < -0.3 is 15.2 Å². The highest BCUT2D eigenvalue weighted by Gasteiger charge is 2.36. The molecule has 1 unspecified atom stereocenters. The first-order valence-electron chi connectivity index (χ1n) is 8.83. The lowest BCUT2D eigenvalue weighted by molar-refractivity contribution is -0.124. The van der Waals surface area contributed by atoms with Crippen LogP contribution in [-0.4, -0.2) is 24.2 Å². The van der Waals surface area contributed by atoms with Gasteiger partial charge >= 0.3 is 0 Å². The lowest BCUT2D eigenvalue weighted by Gasteiger charge is -2.24. The van der Waals surface area contributed by atoms with Crippen LogP contribution in [0.15, 0.2) is 66.7 Å². The van der Waals surface area contributed by atoms with E-state index in [2.05, 4.69) is 5.32 Å². The highest BCUT2D eigenvalue weighted by atomic mass is 16.5. The van der Waals surface area contributed by atoms with E-state index in [4.69, 9.17) is 4.74 Å². The van der Waals surface area contributed by atoms with Crippen LogP contribution in [0.1, 0.15) is 17.5 Å². The van der Waals surface area contributed by atoms with Gasteiger partial charge in [0.1, 0.15) is 11.4 Å². The Hall–Kier alpha value is -2.85. The minimum Gasteiger partial charge on any atom is -0.484 e. The normalized spacial score (nSPS) is 18.5. The number of rotatable bonds is 5. The molecule has 4 rings (SSSR count). The summed E-state index contributed by atoms with van der Waals surface area (Å²) in [6.07, 6.45) is 1.45. The van der Waals surface area contributed by atoms with Gasteiger partial charge in [-0.3, -0.25) is 4.79 Å². The van der Waals surface area contributed by atoms with Crippen LogP contribution in [-0.2, 0) is 16.8 Å². The van der Waals surface area contributed by atoms with Gasteiger partial charge in [0, 0.05) is 0 Å². The quantitative estimate of drug-likeness (QED) is 0.745. The molecule has 0 fully saturated rings. The SMILES string of the molecule is O=C(COc1ccc2ccccc2c1)NCC1(O)CCc2ccccc21. The molecule has 4 nitrogen and oxygen atoms in total. The van der Waals surface area contributed by atoms with Crippen molar-refractivity contribution in [3.63, 3.8) is 0 Å². The number of hydrogen-bond acceptors (Lipinski definition) is 3. The van der Waals surface area contributed by atoms with E-state index in [1.54, 1.807) is 0 Å². The van der Waals surface area contributed by atoms with Gasteiger partial charge in [0.05, 0.1) is 6.54 Å². The number of ether oxygens (including phenoxy) is 1. The van der Waals surface area contributed by atoms with Crippen molar-refractivity contribution in [3.8, 4) is 5.75 Å². The maximum atomic E-state index is 12.1. The highest BCUT2D eigenvalue weighted by Crippen LogP contribution is 2.36. The molecule has 1 aliphatic carbocycles.